The molecule has 0 saturated carbocycles. The molecule has 2 aromatic rings. The van der Waals surface area contributed by atoms with Crippen LogP contribution in [0.4, 0.5) is 0 Å². The fourth-order valence-corrected chi connectivity index (χ4v) is 5.51. The second-order valence-electron chi connectivity index (χ2n) is 8.91. The number of likely N-dealkylation sites (tertiary alicyclic amines) is 1. The zero-order valence-corrected chi connectivity index (χ0v) is 19.9. The van der Waals surface area contributed by atoms with Gasteiger partial charge in [0.2, 0.25) is 11.8 Å². The number of amides is 2. The molecule has 2 amide bonds. The molecule has 2 unspecified atom stereocenters. The Bertz CT molecular complexity index is 1150. The highest BCUT2D eigenvalue weighted by atomic mass is 35.5. The zero-order chi connectivity index (χ0) is 23.9. The predicted octanol–water partition coefficient (Wildman–Crippen LogP) is 3.00. The quantitative estimate of drug-likeness (QED) is 0.585. The lowest BCUT2D eigenvalue weighted by molar-refractivity contribution is -0.137. The standard InChI is InChI=1S/C26H27ClN2O5/c1-32-19-8-7-16(13-21(19)33-2)10-12-29-15-26-11-9-20(34-26)22(23(26)25(29)31)24(30)28-14-17-5-3-4-6-18(17)27/h3-9,11,13,20,22-23H,10,12,14-15H2,1-2H3,(H,28,30)/t20-,22?,23-,26?/m0/s1. The molecule has 3 aliphatic rings. The minimum absolute atomic E-state index is 0.0368. The number of nitrogens with one attached hydrogen (secondary N) is 1. The highest BCUT2D eigenvalue weighted by Gasteiger charge is 2.66. The Morgan fingerprint density at radius 1 is 1.21 bits per heavy atom. The van der Waals surface area contributed by atoms with Gasteiger partial charge in [-0.15, -0.1) is 0 Å². The van der Waals surface area contributed by atoms with Crippen molar-refractivity contribution in [3.63, 3.8) is 0 Å². The Hall–Kier alpha value is -3.03. The summed E-state index contributed by atoms with van der Waals surface area (Å²) in [6, 6.07) is 13.1. The maximum atomic E-state index is 13.4. The van der Waals surface area contributed by atoms with Crippen LogP contribution in [0.5, 0.6) is 11.5 Å². The molecule has 3 heterocycles. The summed E-state index contributed by atoms with van der Waals surface area (Å²) < 4.78 is 16.9. The van der Waals surface area contributed by atoms with Crippen molar-refractivity contribution in [2.45, 2.75) is 24.7 Å². The van der Waals surface area contributed by atoms with Gasteiger partial charge < -0.3 is 24.4 Å². The average molecular weight is 483 g/mol. The van der Waals surface area contributed by atoms with E-state index in [2.05, 4.69) is 5.32 Å². The smallest absolute Gasteiger partial charge is 0.230 e. The average Bonchev–Trinajstić information content (AvgIpc) is 3.49. The van der Waals surface area contributed by atoms with Crippen molar-refractivity contribution in [1.29, 1.82) is 0 Å². The molecule has 3 aliphatic heterocycles. The molecule has 178 valence electrons. The van der Waals surface area contributed by atoms with E-state index in [1.807, 2.05) is 53.5 Å². The van der Waals surface area contributed by atoms with Gasteiger partial charge >= 0.3 is 0 Å². The second-order valence-corrected chi connectivity index (χ2v) is 9.32. The third-order valence-electron chi connectivity index (χ3n) is 7.01. The molecule has 5 rings (SSSR count). The Morgan fingerprint density at radius 3 is 2.76 bits per heavy atom. The fourth-order valence-electron chi connectivity index (χ4n) is 5.31. The molecular formula is C26H27ClN2O5. The molecule has 2 fully saturated rings. The second kappa shape index (κ2) is 8.96. The summed E-state index contributed by atoms with van der Waals surface area (Å²) >= 11 is 6.22. The molecule has 8 heteroatoms. The van der Waals surface area contributed by atoms with Crippen molar-refractivity contribution in [1.82, 2.24) is 10.2 Å². The van der Waals surface area contributed by atoms with Crippen molar-refractivity contribution in [3.8, 4) is 11.5 Å². The first kappa shape index (κ1) is 22.7. The number of benzene rings is 2. The first-order valence-corrected chi connectivity index (χ1v) is 11.7. The monoisotopic (exact) mass is 482 g/mol. The first-order valence-electron chi connectivity index (χ1n) is 11.3. The van der Waals surface area contributed by atoms with Crippen molar-refractivity contribution >= 4 is 23.4 Å². The fraction of sp³-hybridized carbons (Fsp3) is 0.385. The lowest BCUT2D eigenvalue weighted by Crippen LogP contribution is -2.44. The lowest BCUT2D eigenvalue weighted by atomic mass is 9.77. The third kappa shape index (κ3) is 3.83. The van der Waals surface area contributed by atoms with Gasteiger partial charge in [-0.1, -0.05) is 48.0 Å². The molecule has 2 aromatic carbocycles. The van der Waals surface area contributed by atoms with Crippen LogP contribution in [0, 0.1) is 11.8 Å². The molecule has 1 N–H and O–H groups in total. The number of carbonyl (C=O) groups excluding carboxylic acids is 2. The molecule has 0 aliphatic carbocycles. The summed E-state index contributed by atoms with van der Waals surface area (Å²) in [4.78, 5) is 28.4. The van der Waals surface area contributed by atoms with E-state index in [1.165, 1.54) is 0 Å². The summed E-state index contributed by atoms with van der Waals surface area (Å²) in [5, 5.41) is 3.56. The van der Waals surface area contributed by atoms with Gasteiger partial charge in [0.25, 0.3) is 0 Å². The topological polar surface area (TPSA) is 77.1 Å². The van der Waals surface area contributed by atoms with E-state index in [4.69, 9.17) is 25.8 Å². The maximum Gasteiger partial charge on any atom is 0.230 e. The molecule has 2 saturated heterocycles. The van der Waals surface area contributed by atoms with Crippen molar-refractivity contribution < 1.29 is 23.8 Å². The number of rotatable bonds is 8. The number of hydrogen-bond donors (Lipinski definition) is 1. The Labute approximate surface area is 203 Å². The van der Waals surface area contributed by atoms with Crippen LogP contribution in [-0.2, 0) is 27.3 Å². The molecule has 4 atom stereocenters. The van der Waals surface area contributed by atoms with Gasteiger partial charge in [0.05, 0.1) is 38.7 Å². The van der Waals surface area contributed by atoms with Gasteiger partial charge in [0.1, 0.15) is 5.60 Å². The molecule has 1 spiro atoms. The largest absolute Gasteiger partial charge is 0.493 e. The van der Waals surface area contributed by atoms with Gasteiger partial charge in [-0.2, -0.15) is 0 Å². The maximum absolute atomic E-state index is 13.4. The highest BCUT2D eigenvalue weighted by molar-refractivity contribution is 6.31. The number of ether oxygens (including phenoxy) is 3. The van der Waals surface area contributed by atoms with Gasteiger partial charge in [-0.05, 0) is 35.7 Å². The summed E-state index contributed by atoms with van der Waals surface area (Å²) in [6.45, 7) is 1.29. The number of methoxy groups -OCH3 is 2. The number of hydrogen-bond acceptors (Lipinski definition) is 5. The number of nitrogens with zero attached hydrogens (tertiary/aromatic N) is 1. The van der Waals surface area contributed by atoms with Gasteiger partial charge in [0, 0.05) is 18.1 Å². The highest BCUT2D eigenvalue weighted by Crippen LogP contribution is 2.51. The number of carbonyl (C=O) groups is 2. The van der Waals surface area contributed by atoms with E-state index in [9.17, 15) is 9.59 Å². The Kier molecular flexibility index (Phi) is 6.00. The van der Waals surface area contributed by atoms with Crippen molar-refractivity contribution in [2.24, 2.45) is 11.8 Å². The van der Waals surface area contributed by atoms with E-state index in [1.54, 1.807) is 20.3 Å². The van der Waals surface area contributed by atoms with Crippen molar-refractivity contribution in [3.05, 3.63) is 70.8 Å². The summed E-state index contributed by atoms with van der Waals surface area (Å²) in [7, 11) is 3.20. The van der Waals surface area contributed by atoms with Gasteiger partial charge in [-0.25, -0.2) is 0 Å². The first-order chi connectivity index (χ1) is 16.5. The van der Waals surface area contributed by atoms with Crippen LogP contribution < -0.4 is 14.8 Å². The van der Waals surface area contributed by atoms with E-state index >= 15 is 0 Å². The van der Waals surface area contributed by atoms with Crippen LogP contribution in [0.2, 0.25) is 5.02 Å². The molecule has 2 bridgehead atoms. The van der Waals surface area contributed by atoms with Crippen LogP contribution in [0.15, 0.2) is 54.6 Å². The van der Waals surface area contributed by atoms with E-state index in [-0.39, 0.29) is 17.9 Å². The zero-order valence-electron chi connectivity index (χ0n) is 19.1. The normalized spacial score (nSPS) is 26.6. The predicted molar refractivity (Wildman–Crippen MR) is 127 cm³/mol. The molecule has 0 aromatic heterocycles. The Morgan fingerprint density at radius 2 is 2.00 bits per heavy atom. The van der Waals surface area contributed by atoms with Crippen LogP contribution in [0.1, 0.15) is 11.1 Å². The SMILES string of the molecule is COc1ccc(CCN2CC34C=C[C@H](O3)C(C(=O)NCc3ccccc3Cl)[C@H]4C2=O)cc1OC. The Balaban J connectivity index is 1.27. The lowest BCUT2D eigenvalue weighted by Gasteiger charge is -2.23. The van der Waals surface area contributed by atoms with Crippen LogP contribution in [-0.4, -0.2) is 55.7 Å². The minimum Gasteiger partial charge on any atom is -0.493 e. The summed E-state index contributed by atoms with van der Waals surface area (Å²) in [5.74, 6) is 0.0353. The van der Waals surface area contributed by atoms with Crippen LogP contribution >= 0.6 is 11.6 Å². The summed E-state index contributed by atoms with van der Waals surface area (Å²) in [5.41, 5.74) is 1.14. The van der Waals surface area contributed by atoms with Crippen LogP contribution in [0.25, 0.3) is 0 Å². The van der Waals surface area contributed by atoms with Crippen molar-refractivity contribution in [2.75, 3.05) is 27.3 Å². The van der Waals surface area contributed by atoms with E-state index in [0.29, 0.717) is 42.6 Å². The molecule has 7 nitrogen and oxygen atoms in total. The van der Waals surface area contributed by atoms with Gasteiger partial charge in [-0.3, -0.25) is 9.59 Å². The molecule has 0 radical (unpaired) electrons. The molecular weight excluding hydrogens is 456 g/mol. The minimum atomic E-state index is -0.730. The van der Waals surface area contributed by atoms with Crippen LogP contribution in [0.3, 0.4) is 0 Å². The number of fused-ring (bicyclic) bond motifs is 1. The van der Waals surface area contributed by atoms with Gasteiger partial charge in [0.15, 0.2) is 11.5 Å². The summed E-state index contributed by atoms with van der Waals surface area (Å²) in [6.07, 6.45) is 4.16. The third-order valence-corrected chi connectivity index (χ3v) is 7.38. The van der Waals surface area contributed by atoms with E-state index < -0.39 is 17.4 Å². The molecule has 34 heavy (non-hydrogen) atoms. The van der Waals surface area contributed by atoms with E-state index in [0.717, 1.165) is 11.1 Å². The number of halogens is 1.